The maximum absolute atomic E-state index is 12.0. The Morgan fingerprint density at radius 2 is 1.45 bits per heavy atom. The first-order valence-corrected chi connectivity index (χ1v) is 9.29. The van der Waals surface area contributed by atoms with E-state index in [9.17, 15) is 8.42 Å². The zero-order chi connectivity index (χ0) is 14.2. The van der Waals surface area contributed by atoms with Gasteiger partial charge in [0.25, 0.3) is 0 Å². The lowest BCUT2D eigenvalue weighted by molar-refractivity contribution is 0.601. The van der Waals surface area contributed by atoms with Gasteiger partial charge in [0.1, 0.15) is 0 Å². The minimum atomic E-state index is -3.17. The molecule has 0 N–H and O–H groups in total. The average molecular weight is 294 g/mol. The second kappa shape index (κ2) is 5.28. The Labute approximate surface area is 121 Å². The molecule has 5 heteroatoms. The van der Waals surface area contributed by atoms with E-state index >= 15 is 0 Å². The van der Waals surface area contributed by atoms with Crippen molar-refractivity contribution in [3.8, 4) is 0 Å². The van der Waals surface area contributed by atoms with E-state index in [-0.39, 0.29) is 0 Å². The molecule has 20 heavy (non-hydrogen) atoms. The highest BCUT2D eigenvalue weighted by Gasteiger charge is 2.23. The fourth-order valence-electron chi connectivity index (χ4n) is 3.20. The van der Waals surface area contributed by atoms with E-state index in [1.165, 1.54) is 19.1 Å². The zero-order valence-electron chi connectivity index (χ0n) is 12.0. The van der Waals surface area contributed by atoms with Crippen LogP contribution in [0.2, 0.25) is 0 Å². The molecule has 0 spiro atoms. The van der Waals surface area contributed by atoms with E-state index in [0.29, 0.717) is 4.90 Å². The summed E-state index contributed by atoms with van der Waals surface area (Å²) in [5.74, 6) is 0. The third kappa shape index (κ3) is 2.64. The summed E-state index contributed by atoms with van der Waals surface area (Å²) < 4.78 is 24.0. The van der Waals surface area contributed by atoms with Crippen LogP contribution in [0.1, 0.15) is 25.7 Å². The summed E-state index contributed by atoms with van der Waals surface area (Å²) in [6.07, 6.45) is 6.06. The van der Waals surface area contributed by atoms with Crippen LogP contribution in [0, 0.1) is 0 Å². The Bertz CT molecular complexity index is 586. The Morgan fingerprint density at radius 1 is 0.900 bits per heavy atom. The Hall–Kier alpha value is -1.23. The van der Waals surface area contributed by atoms with Crippen molar-refractivity contribution in [3.05, 3.63) is 18.2 Å². The molecule has 4 nitrogen and oxygen atoms in total. The standard InChI is InChI=1S/C15H22N2O2S/c1-20(18,19)15-7-6-13(16-8-2-3-9-16)12-14(15)17-10-4-5-11-17/h6-7,12H,2-5,8-11H2,1H3. The number of nitrogens with zero attached hydrogens (tertiary/aromatic N) is 2. The minimum absolute atomic E-state index is 0.474. The Kier molecular flexibility index (Phi) is 3.63. The molecule has 0 aromatic heterocycles. The van der Waals surface area contributed by atoms with Crippen LogP contribution >= 0.6 is 0 Å². The highest BCUT2D eigenvalue weighted by atomic mass is 32.2. The second-order valence-electron chi connectivity index (χ2n) is 5.81. The molecule has 0 saturated carbocycles. The molecule has 0 unspecified atom stereocenters. The highest BCUT2D eigenvalue weighted by Crippen LogP contribution is 2.33. The van der Waals surface area contributed by atoms with Gasteiger partial charge >= 0.3 is 0 Å². The molecule has 0 aliphatic carbocycles. The van der Waals surface area contributed by atoms with Crippen LogP contribution in [0.4, 0.5) is 11.4 Å². The van der Waals surface area contributed by atoms with Gasteiger partial charge in [-0.15, -0.1) is 0 Å². The normalized spacial score (nSPS) is 19.9. The van der Waals surface area contributed by atoms with E-state index in [1.54, 1.807) is 6.07 Å². The van der Waals surface area contributed by atoms with E-state index in [4.69, 9.17) is 0 Å². The van der Waals surface area contributed by atoms with Gasteiger partial charge in [-0.05, 0) is 43.9 Å². The lowest BCUT2D eigenvalue weighted by Crippen LogP contribution is -2.22. The number of rotatable bonds is 3. The van der Waals surface area contributed by atoms with E-state index in [2.05, 4.69) is 15.9 Å². The van der Waals surface area contributed by atoms with Crippen LogP contribution in [0.25, 0.3) is 0 Å². The molecule has 3 rings (SSSR count). The molecule has 2 heterocycles. The van der Waals surface area contributed by atoms with Gasteiger partial charge < -0.3 is 9.80 Å². The summed E-state index contributed by atoms with van der Waals surface area (Å²) >= 11 is 0. The lowest BCUT2D eigenvalue weighted by Gasteiger charge is -2.24. The summed E-state index contributed by atoms with van der Waals surface area (Å²) in [5, 5.41) is 0. The van der Waals surface area contributed by atoms with Crippen molar-refractivity contribution in [3.63, 3.8) is 0 Å². The molecule has 2 saturated heterocycles. The van der Waals surface area contributed by atoms with E-state index in [1.807, 2.05) is 6.07 Å². The summed E-state index contributed by atoms with van der Waals surface area (Å²) in [6.45, 7) is 4.09. The Balaban J connectivity index is 2.02. The monoisotopic (exact) mass is 294 g/mol. The molecule has 1 aromatic rings. The van der Waals surface area contributed by atoms with Gasteiger partial charge in [0, 0.05) is 38.1 Å². The average Bonchev–Trinajstić information content (AvgIpc) is 3.10. The zero-order valence-corrected chi connectivity index (χ0v) is 12.8. The fourth-order valence-corrected chi connectivity index (χ4v) is 4.08. The van der Waals surface area contributed by atoms with Gasteiger partial charge in [0.05, 0.1) is 10.6 Å². The molecule has 1 aromatic carbocycles. The van der Waals surface area contributed by atoms with Crippen LogP contribution in [0.3, 0.4) is 0 Å². The predicted molar refractivity (Wildman–Crippen MR) is 82.4 cm³/mol. The van der Waals surface area contributed by atoms with Crippen molar-refractivity contribution in [1.82, 2.24) is 0 Å². The van der Waals surface area contributed by atoms with Crippen LogP contribution in [0.15, 0.2) is 23.1 Å². The van der Waals surface area contributed by atoms with Crippen LogP contribution < -0.4 is 9.80 Å². The topological polar surface area (TPSA) is 40.6 Å². The maximum atomic E-state index is 12.0. The largest absolute Gasteiger partial charge is 0.371 e. The first kappa shape index (κ1) is 13.7. The molecule has 0 bridgehead atoms. The maximum Gasteiger partial charge on any atom is 0.177 e. The molecule has 2 aliphatic heterocycles. The number of hydrogen-bond donors (Lipinski definition) is 0. The molecular formula is C15H22N2O2S. The Morgan fingerprint density at radius 3 is 2.00 bits per heavy atom. The van der Waals surface area contributed by atoms with Gasteiger partial charge in [-0.3, -0.25) is 0 Å². The van der Waals surface area contributed by atoms with Gasteiger partial charge in [-0.25, -0.2) is 8.42 Å². The summed E-state index contributed by atoms with van der Waals surface area (Å²) in [5.41, 5.74) is 2.06. The van der Waals surface area contributed by atoms with Crippen molar-refractivity contribution in [2.75, 3.05) is 42.2 Å². The molecule has 0 radical (unpaired) electrons. The third-order valence-electron chi connectivity index (χ3n) is 4.26. The number of anilines is 2. The van der Waals surface area contributed by atoms with Crippen molar-refractivity contribution in [2.45, 2.75) is 30.6 Å². The fraction of sp³-hybridized carbons (Fsp3) is 0.600. The summed E-state index contributed by atoms with van der Waals surface area (Å²) in [4.78, 5) is 5.05. The molecular weight excluding hydrogens is 272 g/mol. The molecule has 0 amide bonds. The van der Waals surface area contributed by atoms with E-state index < -0.39 is 9.84 Å². The number of sulfone groups is 1. The number of benzene rings is 1. The van der Waals surface area contributed by atoms with Crippen LogP contribution in [0.5, 0.6) is 0 Å². The molecule has 0 atom stereocenters. The third-order valence-corrected chi connectivity index (χ3v) is 5.40. The number of hydrogen-bond acceptors (Lipinski definition) is 4. The SMILES string of the molecule is CS(=O)(=O)c1ccc(N2CCCC2)cc1N1CCCC1. The minimum Gasteiger partial charge on any atom is -0.371 e. The lowest BCUT2D eigenvalue weighted by atomic mass is 10.2. The summed E-state index contributed by atoms with van der Waals surface area (Å²) in [7, 11) is -3.17. The van der Waals surface area contributed by atoms with Crippen molar-refractivity contribution in [1.29, 1.82) is 0 Å². The van der Waals surface area contributed by atoms with E-state index in [0.717, 1.165) is 50.4 Å². The first-order chi connectivity index (χ1) is 9.55. The van der Waals surface area contributed by atoms with Crippen LogP contribution in [-0.2, 0) is 9.84 Å². The van der Waals surface area contributed by atoms with Gasteiger partial charge in [0.2, 0.25) is 0 Å². The molecule has 2 fully saturated rings. The molecule has 110 valence electrons. The summed E-state index contributed by atoms with van der Waals surface area (Å²) in [6, 6.07) is 5.82. The second-order valence-corrected chi connectivity index (χ2v) is 7.80. The smallest absolute Gasteiger partial charge is 0.177 e. The first-order valence-electron chi connectivity index (χ1n) is 7.40. The van der Waals surface area contributed by atoms with Crippen molar-refractivity contribution >= 4 is 21.2 Å². The van der Waals surface area contributed by atoms with Gasteiger partial charge in [-0.1, -0.05) is 0 Å². The van der Waals surface area contributed by atoms with Gasteiger partial charge in [0.15, 0.2) is 9.84 Å². The van der Waals surface area contributed by atoms with Gasteiger partial charge in [-0.2, -0.15) is 0 Å². The molecule has 2 aliphatic rings. The van der Waals surface area contributed by atoms with Crippen molar-refractivity contribution in [2.24, 2.45) is 0 Å². The predicted octanol–water partition coefficient (Wildman–Crippen LogP) is 2.29. The van der Waals surface area contributed by atoms with Crippen LogP contribution in [-0.4, -0.2) is 40.9 Å². The van der Waals surface area contributed by atoms with Crippen molar-refractivity contribution < 1.29 is 8.42 Å². The quantitative estimate of drug-likeness (QED) is 0.857. The highest BCUT2D eigenvalue weighted by molar-refractivity contribution is 7.90.